The Balaban J connectivity index is 2.42. The van der Waals surface area contributed by atoms with Gasteiger partial charge in [-0.2, -0.15) is 0 Å². The van der Waals surface area contributed by atoms with Gasteiger partial charge in [-0.05, 0) is 33.6 Å². The van der Waals surface area contributed by atoms with Gasteiger partial charge in [-0.3, -0.25) is 4.99 Å². The van der Waals surface area contributed by atoms with E-state index in [1.807, 2.05) is 0 Å². The van der Waals surface area contributed by atoms with E-state index in [2.05, 4.69) is 31.1 Å². The van der Waals surface area contributed by atoms with E-state index < -0.39 is 0 Å². The number of hydrogen-bond donors (Lipinski definition) is 1. The van der Waals surface area contributed by atoms with Crippen molar-refractivity contribution in [2.24, 2.45) is 4.99 Å². The summed E-state index contributed by atoms with van der Waals surface area (Å²) in [5.74, 6) is 1.20. The Morgan fingerprint density at radius 2 is 2.00 bits per heavy atom. The number of rotatable bonds is 0. The van der Waals surface area contributed by atoms with Crippen LogP contribution in [0.1, 0.15) is 40.0 Å². The van der Waals surface area contributed by atoms with Crippen LogP contribution in [0.5, 0.6) is 0 Å². The van der Waals surface area contributed by atoms with Gasteiger partial charge < -0.3 is 5.32 Å². The molecule has 0 aliphatic carbocycles. The Bertz CT molecular complexity index is 153. The minimum absolute atomic E-state index is 0.177. The fourth-order valence-electron chi connectivity index (χ4n) is 1.23. The van der Waals surface area contributed by atoms with Crippen LogP contribution in [0.3, 0.4) is 0 Å². The predicted octanol–water partition coefficient (Wildman–Crippen LogP) is 1.96. The first-order chi connectivity index (χ1) is 5.08. The molecule has 0 amide bonds. The number of nitrogens with zero attached hydrogens (tertiary/aromatic N) is 1. The summed E-state index contributed by atoms with van der Waals surface area (Å²) in [6.45, 7) is 7.52. The number of nitrogens with one attached hydrogen (secondary N) is 1. The molecule has 0 saturated carbocycles. The smallest absolute Gasteiger partial charge is 0.0967 e. The summed E-state index contributed by atoms with van der Waals surface area (Å²) in [6, 6.07) is 0. The molecule has 1 rings (SSSR count). The van der Waals surface area contributed by atoms with E-state index in [1.54, 1.807) is 0 Å². The first-order valence-corrected chi connectivity index (χ1v) is 4.39. The van der Waals surface area contributed by atoms with Crippen LogP contribution in [0.4, 0.5) is 0 Å². The Morgan fingerprint density at radius 3 is 2.45 bits per heavy atom. The average Bonchev–Trinajstić information content (AvgIpc) is 1.85. The molecule has 64 valence electrons. The van der Waals surface area contributed by atoms with Crippen molar-refractivity contribution in [1.29, 1.82) is 0 Å². The fourth-order valence-corrected chi connectivity index (χ4v) is 1.23. The summed E-state index contributed by atoms with van der Waals surface area (Å²) < 4.78 is 0. The zero-order chi connectivity index (χ0) is 8.32. The van der Waals surface area contributed by atoms with E-state index in [0.29, 0.717) is 0 Å². The maximum atomic E-state index is 4.42. The monoisotopic (exact) mass is 154 g/mol. The molecular weight excluding hydrogens is 136 g/mol. The highest BCUT2D eigenvalue weighted by atomic mass is 15.0. The largest absolute Gasteiger partial charge is 0.369 e. The first kappa shape index (κ1) is 8.57. The van der Waals surface area contributed by atoms with Crippen molar-refractivity contribution in [3.05, 3.63) is 0 Å². The second kappa shape index (κ2) is 3.24. The van der Waals surface area contributed by atoms with Crippen molar-refractivity contribution in [1.82, 2.24) is 5.32 Å². The van der Waals surface area contributed by atoms with Crippen molar-refractivity contribution in [2.75, 3.05) is 6.54 Å². The summed E-state index contributed by atoms with van der Waals surface area (Å²) in [5.41, 5.74) is 0.177. The van der Waals surface area contributed by atoms with Crippen LogP contribution in [0, 0.1) is 0 Å². The van der Waals surface area contributed by atoms with Gasteiger partial charge in [0.1, 0.15) is 0 Å². The van der Waals surface area contributed by atoms with Crippen molar-refractivity contribution in [3.8, 4) is 0 Å². The molecule has 0 spiro atoms. The molecule has 2 heteroatoms. The third-order valence-electron chi connectivity index (χ3n) is 1.64. The van der Waals surface area contributed by atoms with Gasteiger partial charge in [-0.25, -0.2) is 0 Å². The molecule has 0 radical (unpaired) electrons. The van der Waals surface area contributed by atoms with Gasteiger partial charge in [0.2, 0.25) is 0 Å². The van der Waals surface area contributed by atoms with Crippen LogP contribution < -0.4 is 5.32 Å². The molecule has 0 aromatic rings. The zero-order valence-corrected chi connectivity index (χ0v) is 7.78. The van der Waals surface area contributed by atoms with Gasteiger partial charge in [-0.1, -0.05) is 0 Å². The molecule has 0 atom stereocenters. The highest BCUT2D eigenvalue weighted by Crippen LogP contribution is 2.07. The van der Waals surface area contributed by atoms with Crippen molar-refractivity contribution >= 4 is 5.84 Å². The summed E-state index contributed by atoms with van der Waals surface area (Å²) in [4.78, 5) is 4.42. The normalized spacial score (nSPS) is 19.4. The molecule has 1 aliphatic rings. The number of hydrogen-bond acceptors (Lipinski definition) is 2. The second-order valence-corrected chi connectivity index (χ2v) is 4.16. The van der Waals surface area contributed by atoms with Gasteiger partial charge in [0.25, 0.3) is 0 Å². The number of aliphatic imine (C=N–C) groups is 1. The average molecular weight is 154 g/mol. The van der Waals surface area contributed by atoms with Gasteiger partial charge in [0, 0.05) is 18.5 Å². The lowest BCUT2D eigenvalue weighted by Crippen LogP contribution is -2.41. The highest BCUT2D eigenvalue weighted by molar-refractivity contribution is 5.83. The van der Waals surface area contributed by atoms with Crippen LogP contribution in [0.25, 0.3) is 0 Å². The summed E-state index contributed by atoms with van der Waals surface area (Å²) in [7, 11) is 0. The lowest BCUT2D eigenvalue weighted by atomic mass is 10.1. The van der Waals surface area contributed by atoms with E-state index in [-0.39, 0.29) is 5.54 Å². The molecule has 0 aromatic heterocycles. The Kier molecular flexibility index (Phi) is 2.53. The molecule has 0 unspecified atom stereocenters. The van der Waals surface area contributed by atoms with Crippen molar-refractivity contribution in [2.45, 2.75) is 45.6 Å². The Morgan fingerprint density at radius 1 is 1.27 bits per heavy atom. The third kappa shape index (κ3) is 3.40. The molecule has 2 nitrogen and oxygen atoms in total. The Labute approximate surface area is 69.1 Å². The Hall–Kier alpha value is -0.530. The number of amidine groups is 1. The van der Waals surface area contributed by atoms with Gasteiger partial charge in [-0.15, -0.1) is 0 Å². The van der Waals surface area contributed by atoms with Crippen molar-refractivity contribution < 1.29 is 0 Å². The summed E-state index contributed by atoms with van der Waals surface area (Å²) in [5, 5.41) is 3.41. The van der Waals surface area contributed by atoms with Crippen molar-refractivity contribution in [3.63, 3.8) is 0 Å². The topological polar surface area (TPSA) is 24.4 Å². The quantitative estimate of drug-likeness (QED) is 0.566. The fraction of sp³-hybridized carbons (Fsp3) is 0.889. The van der Waals surface area contributed by atoms with E-state index in [0.717, 1.165) is 13.0 Å². The maximum absolute atomic E-state index is 4.42. The van der Waals surface area contributed by atoms with E-state index in [9.17, 15) is 0 Å². The molecule has 0 aromatic carbocycles. The van der Waals surface area contributed by atoms with Gasteiger partial charge in [0.15, 0.2) is 0 Å². The van der Waals surface area contributed by atoms with Gasteiger partial charge >= 0.3 is 0 Å². The SMILES string of the molecule is CC(C)(C)NC1=NCCCC1. The molecule has 1 heterocycles. The summed E-state index contributed by atoms with van der Waals surface area (Å²) >= 11 is 0. The maximum Gasteiger partial charge on any atom is 0.0967 e. The van der Waals surface area contributed by atoms with Crippen LogP contribution in [0.2, 0.25) is 0 Å². The van der Waals surface area contributed by atoms with Gasteiger partial charge in [0.05, 0.1) is 5.84 Å². The molecule has 1 aliphatic heterocycles. The third-order valence-corrected chi connectivity index (χ3v) is 1.64. The standard InChI is InChI=1S/C9H18N2/c1-9(2,3)11-8-6-4-5-7-10-8/h4-7H2,1-3H3,(H,10,11). The second-order valence-electron chi connectivity index (χ2n) is 4.16. The van der Waals surface area contributed by atoms with E-state index >= 15 is 0 Å². The summed E-state index contributed by atoms with van der Waals surface area (Å²) in [6.07, 6.45) is 3.69. The van der Waals surface area contributed by atoms with E-state index in [1.165, 1.54) is 18.7 Å². The van der Waals surface area contributed by atoms with Crippen LogP contribution in [-0.4, -0.2) is 17.9 Å². The first-order valence-electron chi connectivity index (χ1n) is 4.39. The minimum Gasteiger partial charge on any atom is -0.369 e. The molecule has 0 fully saturated rings. The minimum atomic E-state index is 0.177. The van der Waals surface area contributed by atoms with Crippen LogP contribution in [-0.2, 0) is 0 Å². The highest BCUT2D eigenvalue weighted by Gasteiger charge is 2.13. The lowest BCUT2D eigenvalue weighted by Gasteiger charge is -2.25. The van der Waals surface area contributed by atoms with Crippen LogP contribution >= 0.6 is 0 Å². The molecule has 1 N–H and O–H groups in total. The molecule has 11 heavy (non-hydrogen) atoms. The molecular formula is C9H18N2. The predicted molar refractivity (Wildman–Crippen MR) is 49.0 cm³/mol. The van der Waals surface area contributed by atoms with Crippen LogP contribution in [0.15, 0.2) is 4.99 Å². The molecule has 0 saturated heterocycles. The lowest BCUT2D eigenvalue weighted by molar-refractivity contribution is 0.499. The molecule has 0 bridgehead atoms. The zero-order valence-electron chi connectivity index (χ0n) is 7.78. The van der Waals surface area contributed by atoms with E-state index in [4.69, 9.17) is 0 Å².